The maximum atomic E-state index is 2.64. The molecule has 1 unspecified atom stereocenters. The Morgan fingerprint density at radius 1 is 0.484 bits per heavy atom. The largest absolute Gasteiger partial charge is 0.310 e. The number of hydrogen-bond donors (Lipinski definition) is 0. The number of benzene rings is 8. The standard InChI is InChI=1S/C62H56N2/c1-61(2,3)49-27-33-55-57(39-49)59(63(51-29-23-41-15-7-11-19-45(41)35-51)52-30-24-42-16-8-12-20-46(42)36-52)56-34-28-50(62(4,5)6)40-58(56)60(55)64(53-31-25-43-17-9-13-21-47(43)37-53)54-32-26-44-18-10-14-22-48(44)38-54/h7-25,27,29-40,44,50H,26,28H2,1-6H3/t44?,50-/m1/s1. The van der Waals surface area contributed by atoms with Gasteiger partial charge >= 0.3 is 0 Å². The van der Waals surface area contributed by atoms with Crippen LogP contribution < -0.4 is 20.2 Å². The fourth-order valence-corrected chi connectivity index (χ4v) is 10.3. The van der Waals surface area contributed by atoms with Crippen molar-refractivity contribution in [3.63, 3.8) is 0 Å². The van der Waals surface area contributed by atoms with Crippen molar-refractivity contribution in [1.29, 1.82) is 0 Å². The van der Waals surface area contributed by atoms with Crippen molar-refractivity contribution in [2.24, 2.45) is 17.3 Å². The third-order valence-electron chi connectivity index (χ3n) is 14.0. The Morgan fingerprint density at radius 2 is 1.03 bits per heavy atom. The predicted octanol–water partition coefficient (Wildman–Crippen LogP) is 15.8. The first-order valence-corrected chi connectivity index (χ1v) is 23.1. The Hall–Kier alpha value is -6.90. The summed E-state index contributed by atoms with van der Waals surface area (Å²) in [5.74, 6) is 0.720. The van der Waals surface area contributed by atoms with Crippen molar-refractivity contribution in [2.75, 3.05) is 9.80 Å². The predicted molar refractivity (Wildman–Crippen MR) is 277 cm³/mol. The molecule has 0 radical (unpaired) electrons. The van der Waals surface area contributed by atoms with Gasteiger partial charge in [-0.25, -0.2) is 0 Å². The van der Waals surface area contributed by atoms with E-state index in [4.69, 9.17) is 0 Å². The van der Waals surface area contributed by atoms with E-state index in [2.05, 4.69) is 246 Å². The molecule has 0 N–H and O–H groups in total. The van der Waals surface area contributed by atoms with Crippen molar-refractivity contribution < 1.29 is 0 Å². The Labute approximate surface area is 378 Å². The van der Waals surface area contributed by atoms with Gasteiger partial charge in [-0.1, -0.05) is 187 Å². The second-order valence-electron chi connectivity index (χ2n) is 20.2. The molecule has 0 fully saturated rings. The molecule has 0 bridgehead atoms. The van der Waals surface area contributed by atoms with Crippen molar-refractivity contribution in [3.8, 4) is 0 Å². The van der Waals surface area contributed by atoms with E-state index in [0.717, 1.165) is 24.2 Å². The molecule has 3 aliphatic carbocycles. The number of rotatable bonds is 6. The van der Waals surface area contributed by atoms with Gasteiger partial charge in [0.05, 0.1) is 11.4 Å². The molecule has 0 spiro atoms. The van der Waals surface area contributed by atoms with Crippen molar-refractivity contribution in [2.45, 2.75) is 59.8 Å². The summed E-state index contributed by atoms with van der Waals surface area (Å²) in [5, 5.41) is 12.5. The summed E-state index contributed by atoms with van der Waals surface area (Å²) in [6.07, 6.45) is 21.1. The van der Waals surface area contributed by atoms with Gasteiger partial charge in [-0.15, -0.1) is 0 Å². The number of anilines is 5. The fraction of sp³-hybridized carbons (Fsp3) is 0.194. The van der Waals surface area contributed by atoms with Gasteiger partial charge in [0.1, 0.15) is 0 Å². The average molecular weight is 829 g/mol. The summed E-state index contributed by atoms with van der Waals surface area (Å²) in [5.41, 5.74) is 9.79. The lowest BCUT2D eigenvalue weighted by Gasteiger charge is -2.36. The zero-order valence-corrected chi connectivity index (χ0v) is 37.9. The van der Waals surface area contributed by atoms with E-state index in [1.165, 1.54) is 87.4 Å². The van der Waals surface area contributed by atoms with Gasteiger partial charge in [-0.2, -0.15) is 0 Å². The van der Waals surface area contributed by atoms with Crippen LogP contribution in [0.4, 0.5) is 28.4 Å². The highest BCUT2D eigenvalue weighted by molar-refractivity contribution is 6.09. The molecule has 0 saturated heterocycles. The molecular weight excluding hydrogens is 773 g/mol. The van der Waals surface area contributed by atoms with E-state index in [9.17, 15) is 0 Å². The maximum absolute atomic E-state index is 2.64. The minimum Gasteiger partial charge on any atom is -0.310 e. The number of hydrogen-bond acceptors (Lipinski definition) is 2. The lowest BCUT2D eigenvalue weighted by molar-refractivity contribution is 0.314. The summed E-state index contributed by atoms with van der Waals surface area (Å²) in [6.45, 7) is 14.2. The van der Waals surface area contributed by atoms with E-state index in [1.807, 2.05) is 0 Å². The van der Waals surface area contributed by atoms with Crippen LogP contribution in [0.15, 0.2) is 193 Å². The lowest BCUT2D eigenvalue weighted by atomic mass is 9.75. The van der Waals surface area contributed by atoms with E-state index in [1.54, 1.807) is 0 Å². The third-order valence-corrected chi connectivity index (χ3v) is 14.0. The van der Waals surface area contributed by atoms with Crippen LogP contribution >= 0.6 is 0 Å². The molecule has 8 aromatic carbocycles. The number of fused-ring (bicyclic) bond motifs is 6. The number of nitrogens with zero attached hydrogens (tertiary/aromatic N) is 2. The Bertz CT molecular complexity index is 3360. The second kappa shape index (κ2) is 15.4. The van der Waals surface area contributed by atoms with Gasteiger partial charge < -0.3 is 9.80 Å². The maximum Gasteiger partial charge on any atom is 0.0616 e. The van der Waals surface area contributed by atoms with Gasteiger partial charge in [0.25, 0.3) is 0 Å². The van der Waals surface area contributed by atoms with Crippen LogP contribution in [-0.4, -0.2) is 0 Å². The Balaban J connectivity index is 1.30. The summed E-state index contributed by atoms with van der Waals surface area (Å²) in [7, 11) is 0. The second-order valence-corrected chi connectivity index (χ2v) is 20.2. The molecule has 0 aromatic heterocycles. The van der Waals surface area contributed by atoms with E-state index >= 15 is 0 Å². The number of allylic oxidation sites excluding steroid dienone is 7. The van der Waals surface area contributed by atoms with Crippen LogP contribution in [0, 0.1) is 17.3 Å². The first-order chi connectivity index (χ1) is 31.0. The first-order valence-electron chi connectivity index (χ1n) is 23.1. The van der Waals surface area contributed by atoms with E-state index in [-0.39, 0.29) is 10.8 Å². The lowest BCUT2D eigenvalue weighted by Crippen LogP contribution is -2.40. The zero-order valence-electron chi connectivity index (χ0n) is 37.9. The molecule has 314 valence electrons. The summed E-state index contributed by atoms with van der Waals surface area (Å²) >= 11 is 0. The molecule has 0 amide bonds. The van der Waals surface area contributed by atoms with Crippen LogP contribution in [0.5, 0.6) is 0 Å². The highest BCUT2D eigenvalue weighted by Crippen LogP contribution is 2.46. The molecule has 64 heavy (non-hydrogen) atoms. The van der Waals surface area contributed by atoms with Gasteiger partial charge in [-0.05, 0) is 122 Å². The van der Waals surface area contributed by atoms with Crippen LogP contribution in [0.2, 0.25) is 0 Å². The fourth-order valence-electron chi connectivity index (χ4n) is 10.3. The van der Waals surface area contributed by atoms with Gasteiger partial charge in [0.15, 0.2) is 0 Å². The van der Waals surface area contributed by atoms with Crippen LogP contribution in [0.3, 0.4) is 0 Å². The van der Waals surface area contributed by atoms with Crippen LogP contribution in [0.1, 0.15) is 59.9 Å². The highest BCUT2D eigenvalue weighted by atomic mass is 15.2. The molecule has 8 aromatic rings. The summed E-state index contributed by atoms with van der Waals surface area (Å²) < 4.78 is 0. The first kappa shape index (κ1) is 39.9. The van der Waals surface area contributed by atoms with Crippen molar-refractivity contribution in [1.82, 2.24) is 0 Å². The van der Waals surface area contributed by atoms with Crippen molar-refractivity contribution in [3.05, 3.63) is 209 Å². The van der Waals surface area contributed by atoms with E-state index < -0.39 is 0 Å². The van der Waals surface area contributed by atoms with Crippen LogP contribution in [0.25, 0.3) is 55.2 Å². The Morgan fingerprint density at radius 3 is 1.59 bits per heavy atom. The normalized spacial score (nSPS) is 17.1. The molecule has 2 nitrogen and oxygen atoms in total. The van der Waals surface area contributed by atoms with Gasteiger partial charge in [0, 0.05) is 49.9 Å². The van der Waals surface area contributed by atoms with Gasteiger partial charge in [-0.3, -0.25) is 0 Å². The SMILES string of the molecule is CC(C)(C)c1ccc2c(N(C3=CCC4C=CC=CC4=C3)c3ccc4ccccc4c3)c3c(c(N(c4ccc5ccccc5c4)c4ccc5ccccc5c4)c2c1)=CC[C@@H](C(C)(C)C)C=3. The molecular formula is C62H56N2. The average Bonchev–Trinajstić information content (AvgIpc) is 3.31. The topological polar surface area (TPSA) is 6.48 Å². The minimum absolute atomic E-state index is 0.0549. The van der Waals surface area contributed by atoms with E-state index in [0.29, 0.717) is 11.8 Å². The summed E-state index contributed by atoms with van der Waals surface area (Å²) in [4.78, 5) is 5.18. The smallest absolute Gasteiger partial charge is 0.0616 e. The third kappa shape index (κ3) is 7.06. The highest BCUT2D eigenvalue weighted by Gasteiger charge is 2.31. The molecule has 3 aliphatic rings. The van der Waals surface area contributed by atoms with Crippen molar-refractivity contribution >= 4 is 83.7 Å². The Kier molecular flexibility index (Phi) is 9.62. The van der Waals surface area contributed by atoms with Gasteiger partial charge in [0.2, 0.25) is 0 Å². The molecule has 2 heteroatoms. The molecule has 0 aliphatic heterocycles. The quantitative estimate of drug-likeness (QED) is 0.154. The molecule has 0 heterocycles. The minimum atomic E-state index is -0.0738. The molecule has 11 rings (SSSR count). The monoisotopic (exact) mass is 828 g/mol. The zero-order chi connectivity index (χ0) is 43.7. The summed E-state index contributed by atoms with van der Waals surface area (Å²) in [6, 6.07) is 54.7. The van der Waals surface area contributed by atoms with Crippen LogP contribution in [-0.2, 0) is 5.41 Å². The molecule has 0 saturated carbocycles. The molecule has 2 atom stereocenters.